The van der Waals surface area contributed by atoms with Gasteiger partial charge < -0.3 is 20.3 Å². The van der Waals surface area contributed by atoms with Gasteiger partial charge in [-0.05, 0) is 67.6 Å². The van der Waals surface area contributed by atoms with Gasteiger partial charge in [0.1, 0.15) is 0 Å². The minimum Gasteiger partial charge on any atom is -0.396 e. The number of aliphatic hydroxyl groups is 1. The Balaban J connectivity index is 1.74. The summed E-state index contributed by atoms with van der Waals surface area (Å²) in [5.41, 5.74) is 4.90. The summed E-state index contributed by atoms with van der Waals surface area (Å²) in [7, 11) is 0. The van der Waals surface area contributed by atoms with Crippen molar-refractivity contribution in [3.63, 3.8) is 0 Å². The fraction of sp³-hybridized carbons (Fsp3) is 0.333. The van der Waals surface area contributed by atoms with Gasteiger partial charge in [-0.2, -0.15) is 0 Å². The number of fused-ring (bicyclic) bond motifs is 1. The van der Waals surface area contributed by atoms with Gasteiger partial charge in [-0.1, -0.05) is 42.0 Å². The van der Waals surface area contributed by atoms with Gasteiger partial charge in [0.25, 0.3) is 5.56 Å². The molecule has 1 aromatic heterocycles. The number of H-pyrrole nitrogens is 1. The molecule has 2 aromatic carbocycles. The zero-order valence-corrected chi connectivity index (χ0v) is 18.4. The third-order valence-electron chi connectivity index (χ3n) is 5.14. The van der Waals surface area contributed by atoms with Crippen molar-refractivity contribution < 1.29 is 5.11 Å². The summed E-state index contributed by atoms with van der Waals surface area (Å²) in [5.74, 6) is 0. The zero-order valence-electron chi connectivity index (χ0n) is 17.6. The third kappa shape index (κ3) is 5.68. The van der Waals surface area contributed by atoms with Crippen LogP contribution in [0.25, 0.3) is 10.9 Å². The van der Waals surface area contributed by atoms with E-state index in [-0.39, 0.29) is 12.2 Å². The monoisotopic (exact) mass is 423 g/mol. The molecule has 158 valence electrons. The molecule has 0 atom stereocenters. The minimum absolute atomic E-state index is 0.0790. The molecule has 0 unspecified atom stereocenters. The first-order valence-corrected chi connectivity index (χ1v) is 10.7. The molecule has 0 fully saturated rings. The molecule has 5 nitrogen and oxygen atoms in total. The van der Waals surface area contributed by atoms with Crippen LogP contribution in [0, 0.1) is 13.8 Å². The second-order valence-corrected chi connectivity index (χ2v) is 8.02. The van der Waals surface area contributed by atoms with Crippen LogP contribution in [-0.4, -0.2) is 39.8 Å². The Hall–Kier alpha value is -2.70. The zero-order chi connectivity index (χ0) is 21.5. The molecule has 0 amide bonds. The normalized spacial score (nSPS) is 10.9. The summed E-state index contributed by atoms with van der Waals surface area (Å²) in [6.45, 7) is 5.83. The van der Waals surface area contributed by atoms with Gasteiger partial charge >= 0.3 is 0 Å². The molecule has 0 saturated carbocycles. The maximum Gasteiger partial charge on any atom is 0.253 e. The Labute approximate surface area is 182 Å². The lowest BCUT2D eigenvalue weighted by Gasteiger charge is -2.25. The van der Waals surface area contributed by atoms with Crippen molar-refractivity contribution in [1.82, 2.24) is 15.2 Å². The van der Waals surface area contributed by atoms with Gasteiger partial charge in [0.05, 0.1) is 12.1 Å². The first kappa shape index (κ1) is 22.0. The Morgan fingerprint density at radius 1 is 1.17 bits per heavy atom. The van der Waals surface area contributed by atoms with E-state index in [1.165, 1.54) is 5.56 Å². The lowest BCUT2D eigenvalue weighted by atomic mass is 10.1. The Kier molecular flexibility index (Phi) is 7.60. The SMILES string of the molecule is Cc1cc(C)c2[nH]c(=O)c(CN(CCCO)C(=S)NCCc3ccccc3)cc2c1. The molecule has 0 radical (unpaired) electrons. The van der Waals surface area contributed by atoms with E-state index in [4.69, 9.17) is 12.2 Å². The number of aryl methyl sites for hydroxylation is 2. The quantitative estimate of drug-likeness (QED) is 0.484. The summed E-state index contributed by atoms with van der Waals surface area (Å²) in [5, 5.41) is 14.2. The molecule has 3 N–H and O–H groups in total. The number of aliphatic hydroxyl groups excluding tert-OH is 1. The van der Waals surface area contributed by atoms with Crippen molar-refractivity contribution in [2.45, 2.75) is 33.2 Å². The van der Waals surface area contributed by atoms with Crippen LogP contribution in [-0.2, 0) is 13.0 Å². The number of benzene rings is 2. The predicted molar refractivity (Wildman–Crippen MR) is 127 cm³/mol. The average Bonchev–Trinajstić information content (AvgIpc) is 2.72. The molecule has 0 aliphatic rings. The topological polar surface area (TPSA) is 68.4 Å². The van der Waals surface area contributed by atoms with Crippen molar-refractivity contribution in [1.29, 1.82) is 0 Å². The van der Waals surface area contributed by atoms with Crippen LogP contribution < -0.4 is 10.9 Å². The van der Waals surface area contributed by atoms with Crippen LogP contribution in [0.3, 0.4) is 0 Å². The first-order valence-electron chi connectivity index (χ1n) is 10.3. The number of thiocarbonyl (C=S) groups is 1. The molecule has 6 heteroatoms. The summed E-state index contributed by atoms with van der Waals surface area (Å²) in [4.78, 5) is 17.7. The maximum absolute atomic E-state index is 12.7. The molecular formula is C24H29N3O2S. The largest absolute Gasteiger partial charge is 0.396 e. The van der Waals surface area contributed by atoms with Gasteiger partial charge in [-0.15, -0.1) is 0 Å². The molecule has 0 saturated heterocycles. The van der Waals surface area contributed by atoms with Crippen molar-refractivity contribution >= 4 is 28.2 Å². The van der Waals surface area contributed by atoms with E-state index in [1.807, 2.05) is 36.1 Å². The fourth-order valence-electron chi connectivity index (χ4n) is 3.64. The summed E-state index contributed by atoms with van der Waals surface area (Å²) in [6, 6.07) is 16.3. The molecule has 30 heavy (non-hydrogen) atoms. The van der Waals surface area contributed by atoms with Gasteiger partial charge in [0, 0.05) is 25.3 Å². The third-order valence-corrected chi connectivity index (χ3v) is 5.54. The lowest BCUT2D eigenvalue weighted by molar-refractivity contribution is 0.264. The average molecular weight is 424 g/mol. The maximum atomic E-state index is 12.7. The molecule has 0 bridgehead atoms. The van der Waals surface area contributed by atoms with Crippen LogP contribution in [0.15, 0.2) is 53.3 Å². The van der Waals surface area contributed by atoms with E-state index in [0.717, 1.165) is 28.5 Å². The number of aromatic amines is 1. The molecule has 1 heterocycles. The molecule has 0 aliphatic heterocycles. The second-order valence-electron chi connectivity index (χ2n) is 7.64. The van der Waals surface area contributed by atoms with E-state index in [0.29, 0.717) is 36.7 Å². The van der Waals surface area contributed by atoms with Gasteiger partial charge in [-0.25, -0.2) is 0 Å². The molecule has 3 rings (SSSR count). The Morgan fingerprint density at radius 2 is 1.93 bits per heavy atom. The summed E-state index contributed by atoms with van der Waals surface area (Å²) >= 11 is 5.60. The highest BCUT2D eigenvalue weighted by Crippen LogP contribution is 2.18. The van der Waals surface area contributed by atoms with Crippen molar-refractivity contribution in [3.8, 4) is 0 Å². The number of aromatic nitrogens is 1. The molecule has 0 aliphatic carbocycles. The van der Waals surface area contributed by atoms with Crippen molar-refractivity contribution in [2.24, 2.45) is 0 Å². The first-order chi connectivity index (χ1) is 14.5. The van der Waals surface area contributed by atoms with Crippen LogP contribution in [0.1, 0.15) is 28.7 Å². The second kappa shape index (κ2) is 10.4. The Morgan fingerprint density at radius 3 is 2.67 bits per heavy atom. The lowest BCUT2D eigenvalue weighted by Crippen LogP contribution is -2.41. The van der Waals surface area contributed by atoms with Gasteiger partial charge in [-0.3, -0.25) is 4.79 Å². The molecule has 0 spiro atoms. The Bertz CT molecular complexity index is 1060. The highest BCUT2D eigenvalue weighted by atomic mass is 32.1. The van der Waals surface area contributed by atoms with E-state index in [2.05, 4.69) is 41.5 Å². The summed E-state index contributed by atoms with van der Waals surface area (Å²) in [6.07, 6.45) is 1.45. The van der Waals surface area contributed by atoms with Crippen molar-refractivity contribution in [2.75, 3.05) is 19.7 Å². The predicted octanol–water partition coefficient (Wildman–Crippen LogP) is 3.45. The van der Waals surface area contributed by atoms with Crippen LogP contribution in [0.5, 0.6) is 0 Å². The number of hydrogen-bond donors (Lipinski definition) is 3. The van der Waals surface area contributed by atoms with Crippen molar-refractivity contribution in [3.05, 3.63) is 81.1 Å². The van der Waals surface area contributed by atoms with E-state index in [9.17, 15) is 9.90 Å². The van der Waals surface area contributed by atoms with E-state index < -0.39 is 0 Å². The number of nitrogens with zero attached hydrogens (tertiary/aromatic N) is 1. The van der Waals surface area contributed by atoms with Crippen LogP contribution in [0.4, 0.5) is 0 Å². The fourth-order valence-corrected chi connectivity index (χ4v) is 3.90. The smallest absolute Gasteiger partial charge is 0.253 e. The highest BCUT2D eigenvalue weighted by molar-refractivity contribution is 7.80. The van der Waals surface area contributed by atoms with Crippen LogP contribution >= 0.6 is 12.2 Å². The highest BCUT2D eigenvalue weighted by Gasteiger charge is 2.13. The van der Waals surface area contributed by atoms with Crippen LogP contribution in [0.2, 0.25) is 0 Å². The minimum atomic E-state index is -0.101. The molecule has 3 aromatic rings. The standard InChI is InChI=1S/C24H29N3O2S/c1-17-13-18(2)22-20(14-17)15-21(23(29)26-22)16-27(11-6-12-28)24(30)25-10-9-19-7-4-3-5-8-19/h3-5,7-8,13-15,28H,6,9-12,16H2,1-2H3,(H,25,30)(H,26,29). The van der Waals surface area contributed by atoms with E-state index >= 15 is 0 Å². The number of pyridine rings is 1. The number of rotatable bonds is 8. The van der Waals surface area contributed by atoms with E-state index in [1.54, 1.807) is 0 Å². The number of nitrogens with one attached hydrogen (secondary N) is 2. The summed E-state index contributed by atoms with van der Waals surface area (Å²) < 4.78 is 0. The molecular weight excluding hydrogens is 394 g/mol. The van der Waals surface area contributed by atoms with Gasteiger partial charge in [0.15, 0.2) is 5.11 Å². The number of hydrogen-bond acceptors (Lipinski definition) is 3. The van der Waals surface area contributed by atoms with Gasteiger partial charge in [0.2, 0.25) is 0 Å².